The largest absolute Gasteiger partial charge is 0.497 e. The van der Waals surface area contributed by atoms with Gasteiger partial charge in [0, 0.05) is 19.7 Å². The number of benzene rings is 1. The first-order valence-corrected chi connectivity index (χ1v) is 5.22. The van der Waals surface area contributed by atoms with Gasteiger partial charge in [-0.3, -0.25) is 4.79 Å². The van der Waals surface area contributed by atoms with Gasteiger partial charge >= 0.3 is 0 Å². The highest BCUT2D eigenvalue weighted by atomic mass is 16.5. The van der Waals surface area contributed by atoms with Crippen molar-refractivity contribution in [3.8, 4) is 5.75 Å². The minimum absolute atomic E-state index is 0.279. The smallest absolute Gasteiger partial charge is 0.296 e. The van der Waals surface area contributed by atoms with Gasteiger partial charge in [-0.05, 0) is 12.1 Å². The standard InChI is InChI=1S/C12H14N2O3/c1-14(2)12-13-11(15)10(17-12)8-4-6-9(16-3)7-5-8/h4-7,10H,1-3H3. The highest BCUT2D eigenvalue weighted by Gasteiger charge is 2.31. The lowest BCUT2D eigenvalue weighted by Crippen LogP contribution is -2.22. The summed E-state index contributed by atoms with van der Waals surface area (Å²) in [6, 6.07) is 7.53. The van der Waals surface area contributed by atoms with Crippen LogP contribution in [0, 0.1) is 0 Å². The molecule has 0 aliphatic carbocycles. The van der Waals surface area contributed by atoms with Crippen LogP contribution >= 0.6 is 0 Å². The number of amidine groups is 1. The van der Waals surface area contributed by atoms with Gasteiger partial charge in [-0.25, -0.2) is 0 Å². The molecule has 0 N–H and O–H groups in total. The zero-order valence-electron chi connectivity index (χ0n) is 10.0. The Balaban J connectivity index is 2.17. The van der Waals surface area contributed by atoms with Gasteiger partial charge < -0.3 is 14.4 Å². The second kappa shape index (κ2) is 4.45. The van der Waals surface area contributed by atoms with Crippen LogP contribution in [0.5, 0.6) is 5.75 Å². The van der Waals surface area contributed by atoms with Crippen molar-refractivity contribution in [2.24, 2.45) is 4.99 Å². The van der Waals surface area contributed by atoms with E-state index in [0.29, 0.717) is 6.02 Å². The quantitative estimate of drug-likeness (QED) is 0.771. The monoisotopic (exact) mass is 234 g/mol. The minimum atomic E-state index is -0.640. The van der Waals surface area contributed by atoms with Crippen LogP contribution in [0.25, 0.3) is 0 Å². The molecule has 2 rings (SSSR count). The number of methoxy groups -OCH3 is 1. The topological polar surface area (TPSA) is 51.1 Å². The van der Waals surface area contributed by atoms with Crippen LogP contribution in [0.4, 0.5) is 0 Å². The number of amides is 1. The second-order valence-corrected chi connectivity index (χ2v) is 3.90. The number of rotatable bonds is 2. The van der Waals surface area contributed by atoms with Gasteiger partial charge in [0.2, 0.25) is 6.10 Å². The Bertz CT molecular complexity index is 451. The van der Waals surface area contributed by atoms with Crippen LogP contribution in [0.1, 0.15) is 11.7 Å². The first-order valence-electron chi connectivity index (χ1n) is 5.22. The van der Waals surface area contributed by atoms with E-state index in [4.69, 9.17) is 9.47 Å². The van der Waals surface area contributed by atoms with Crippen LogP contribution in [0.15, 0.2) is 29.3 Å². The number of ether oxygens (including phenoxy) is 2. The molecule has 1 aliphatic heterocycles. The van der Waals surface area contributed by atoms with E-state index in [1.54, 1.807) is 50.4 Å². The molecule has 1 aromatic rings. The third kappa shape index (κ3) is 2.22. The Morgan fingerprint density at radius 3 is 2.41 bits per heavy atom. The fraction of sp³-hybridized carbons (Fsp3) is 0.333. The molecule has 0 spiro atoms. The van der Waals surface area contributed by atoms with Crippen LogP contribution in [-0.2, 0) is 9.53 Å². The fourth-order valence-electron chi connectivity index (χ4n) is 1.53. The zero-order valence-corrected chi connectivity index (χ0v) is 10.0. The minimum Gasteiger partial charge on any atom is -0.497 e. The highest BCUT2D eigenvalue weighted by Crippen LogP contribution is 2.26. The summed E-state index contributed by atoms with van der Waals surface area (Å²) >= 11 is 0. The van der Waals surface area contributed by atoms with Gasteiger partial charge in [-0.15, -0.1) is 0 Å². The van der Waals surface area contributed by atoms with Crippen LogP contribution < -0.4 is 4.74 Å². The molecule has 0 fully saturated rings. The SMILES string of the molecule is COc1ccc(C2OC(N(C)C)=NC2=O)cc1. The summed E-state index contributed by atoms with van der Waals surface area (Å²) in [6.45, 7) is 0. The molecule has 1 aromatic carbocycles. The molecule has 0 bridgehead atoms. The fourth-order valence-corrected chi connectivity index (χ4v) is 1.53. The summed E-state index contributed by atoms with van der Waals surface area (Å²) in [5, 5.41) is 0. The van der Waals surface area contributed by atoms with Gasteiger partial charge in [0.15, 0.2) is 0 Å². The van der Waals surface area contributed by atoms with Gasteiger partial charge in [-0.1, -0.05) is 12.1 Å². The summed E-state index contributed by atoms with van der Waals surface area (Å²) in [5.41, 5.74) is 0.774. The van der Waals surface area contributed by atoms with Crippen molar-refractivity contribution >= 4 is 11.9 Å². The van der Waals surface area contributed by atoms with Crippen molar-refractivity contribution in [3.05, 3.63) is 29.8 Å². The Morgan fingerprint density at radius 2 is 1.94 bits per heavy atom. The average Bonchev–Trinajstić information content (AvgIpc) is 2.72. The van der Waals surface area contributed by atoms with Gasteiger partial charge in [0.05, 0.1) is 7.11 Å². The first-order chi connectivity index (χ1) is 8.11. The van der Waals surface area contributed by atoms with E-state index in [1.165, 1.54) is 0 Å². The predicted molar refractivity (Wildman–Crippen MR) is 62.9 cm³/mol. The first kappa shape index (κ1) is 11.4. The zero-order chi connectivity index (χ0) is 12.4. The number of hydrogen-bond acceptors (Lipinski definition) is 4. The molecule has 1 atom stereocenters. The Labute approximate surface area is 99.7 Å². The summed E-state index contributed by atoms with van der Waals surface area (Å²) in [6.07, 6.45) is -0.640. The van der Waals surface area contributed by atoms with E-state index in [1.807, 2.05) is 0 Å². The van der Waals surface area contributed by atoms with Crippen molar-refractivity contribution in [1.82, 2.24) is 4.90 Å². The number of nitrogens with zero attached hydrogens (tertiary/aromatic N) is 2. The molecule has 0 saturated carbocycles. The Kier molecular flexibility index (Phi) is 2.99. The molecule has 5 nitrogen and oxygen atoms in total. The van der Waals surface area contributed by atoms with Gasteiger partial charge in [0.25, 0.3) is 11.9 Å². The van der Waals surface area contributed by atoms with Crippen molar-refractivity contribution in [1.29, 1.82) is 0 Å². The molecule has 1 heterocycles. The number of carbonyl (C=O) groups excluding carboxylic acids is 1. The Morgan fingerprint density at radius 1 is 1.29 bits per heavy atom. The lowest BCUT2D eigenvalue weighted by molar-refractivity contribution is -0.122. The molecule has 0 aromatic heterocycles. The maximum absolute atomic E-state index is 11.7. The lowest BCUT2D eigenvalue weighted by atomic mass is 10.1. The third-order valence-electron chi connectivity index (χ3n) is 2.45. The van der Waals surface area contributed by atoms with Crippen molar-refractivity contribution in [2.45, 2.75) is 6.10 Å². The van der Waals surface area contributed by atoms with Crippen LogP contribution in [-0.4, -0.2) is 38.0 Å². The highest BCUT2D eigenvalue weighted by molar-refractivity contribution is 5.98. The second-order valence-electron chi connectivity index (χ2n) is 3.90. The van der Waals surface area contributed by atoms with Crippen molar-refractivity contribution in [2.75, 3.05) is 21.2 Å². The van der Waals surface area contributed by atoms with E-state index in [9.17, 15) is 4.79 Å². The van der Waals surface area contributed by atoms with Crippen LogP contribution in [0.2, 0.25) is 0 Å². The Hall–Kier alpha value is -2.04. The summed E-state index contributed by atoms with van der Waals surface area (Å²) in [4.78, 5) is 17.2. The third-order valence-corrected chi connectivity index (χ3v) is 2.45. The molecule has 17 heavy (non-hydrogen) atoms. The summed E-state index contributed by atoms with van der Waals surface area (Å²) < 4.78 is 10.5. The molecule has 0 saturated heterocycles. The van der Waals surface area contributed by atoms with Gasteiger partial charge in [0.1, 0.15) is 5.75 Å². The van der Waals surface area contributed by atoms with Gasteiger partial charge in [-0.2, -0.15) is 4.99 Å². The molecule has 1 unspecified atom stereocenters. The number of hydrogen-bond donors (Lipinski definition) is 0. The average molecular weight is 234 g/mol. The maximum Gasteiger partial charge on any atom is 0.296 e. The molecule has 0 radical (unpaired) electrons. The van der Waals surface area contributed by atoms with E-state index < -0.39 is 6.10 Å². The van der Waals surface area contributed by atoms with E-state index >= 15 is 0 Å². The lowest BCUT2D eigenvalue weighted by Gasteiger charge is -2.14. The van der Waals surface area contributed by atoms with E-state index in [-0.39, 0.29) is 5.91 Å². The normalized spacial score (nSPS) is 18.6. The molecule has 1 amide bonds. The molecule has 90 valence electrons. The number of carbonyl (C=O) groups is 1. The van der Waals surface area contributed by atoms with Crippen LogP contribution in [0.3, 0.4) is 0 Å². The summed E-state index contributed by atoms with van der Waals surface area (Å²) in [5.74, 6) is 0.465. The molecular formula is C12H14N2O3. The predicted octanol–water partition coefficient (Wildman–Crippen LogP) is 1.21. The maximum atomic E-state index is 11.7. The molecule has 1 aliphatic rings. The molecule has 5 heteroatoms. The van der Waals surface area contributed by atoms with E-state index in [0.717, 1.165) is 11.3 Å². The van der Waals surface area contributed by atoms with E-state index in [2.05, 4.69) is 4.99 Å². The molecular weight excluding hydrogens is 220 g/mol. The summed E-state index contributed by atoms with van der Waals surface area (Å²) in [7, 11) is 5.16. The number of aliphatic imine (C=N–C) groups is 1. The van der Waals surface area contributed by atoms with Crippen molar-refractivity contribution in [3.63, 3.8) is 0 Å². The van der Waals surface area contributed by atoms with Crippen molar-refractivity contribution < 1.29 is 14.3 Å².